The molecule has 15 heavy (non-hydrogen) atoms. The Morgan fingerprint density at radius 3 is 2.80 bits per heavy atom. The van der Waals surface area contributed by atoms with Gasteiger partial charge in [-0.3, -0.25) is 9.78 Å². The summed E-state index contributed by atoms with van der Waals surface area (Å²) < 4.78 is 0. The van der Waals surface area contributed by atoms with Crippen LogP contribution in [0.5, 0.6) is 0 Å². The highest BCUT2D eigenvalue weighted by Crippen LogP contribution is 2.13. The van der Waals surface area contributed by atoms with Crippen molar-refractivity contribution in [2.24, 2.45) is 0 Å². The fourth-order valence-corrected chi connectivity index (χ4v) is 1.65. The van der Waals surface area contributed by atoms with E-state index >= 15 is 0 Å². The lowest BCUT2D eigenvalue weighted by molar-refractivity contribution is -0.115. The first-order valence-electron chi connectivity index (χ1n) is 5.21. The third-order valence-corrected chi connectivity index (χ3v) is 2.47. The number of pyridine rings is 1. The molecule has 0 atom stereocenters. The maximum absolute atomic E-state index is 11.2. The molecule has 0 fully saturated rings. The van der Waals surface area contributed by atoms with E-state index < -0.39 is 0 Å². The van der Waals surface area contributed by atoms with Crippen LogP contribution in [0, 0.1) is 0 Å². The number of carbonyl (C=O) groups excluding carboxylic acids is 1. The van der Waals surface area contributed by atoms with Crippen LogP contribution in [-0.4, -0.2) is 10.8 Å². The third-order valence-electron chi connectivity index (χ3n) is 2.47. The second-order valence-electron chi connectivity index (χ2n) is 3.70. The SMILES string of the molecule is O=C1C=C(NCc2ccncc2)CCC1. The second kappa shape index (κ2) is 4.73. The average Bonchev–Trinajstić information content (AvgIpc) is 2.28. The molecule has 1 aromatic heterocycles. The highest BCUT2D eigenvalue weighted by atomic mass is 16.1. The monoisotopic (exact) mass is 202 g/mol. The minimum atomic E-state index is 0.235. The molecule has 0 aliphatic heterocycles. The summed E-state index contributed by atoms with van der Waals surface area (Å²) >= 11 is 0. The number of nitrogens with zero attached hydrogens (tertiary/aromatic N) is 1. The fraction of sp³-hybridized carbons (Fsp3) is 0.333. The number of nitrogens with one attached hydrogen (secondary N) is 1. The molecule has 0 saturated carbocycles. The number of rotatable bonds is 3. The summed E-state index contributed by atoms with van der Waals surface area (Å²) in [5, 5.41) is 3.28. The largest absolute Gasteiger partial charge is 0.384 e. The Labute approximate surface area is 89.2 Å². The van der Waals surface area contributed by atoms with E-state index in [1.807, 2.05) is 12.1 Å². The molecule has 1 aromatic rings. The first-order valence-corrected chi connectivity index (χ1v) is 5.21. The average molecular weight is 202 g/mol. The molecule has 1 N–H and O–H groups in total. The molecule has 78 valence electrons. The molecule has 3 nitrogen and oxygen atoms in total. The second-order valence-corrected chi connectivity index (χ2v) is 3.70. The van der Waals surface area contributed by atoms with Gasteiger partial charge in [-0.1, -0.05) is 0 Å². The molecule has 0 saturated heterocycles. The predicted molar refractivity (Wildman–Crippen MR) is 58.0 cm³/mol. The minimum Gasteiger partial charge on any atom is -0.384 e. The van der Waals surface area contributed by atoms with Gasteiger partial charge in [0.1, 0.15) is 0 Å². The zero-order valence-corrected chi connectivity index (χ0v) is 8.57. The third kappa shape index (κ3) is 2.91. The van der Waals surface area contributed by atoms with Crippen molar-refractivity contribution in [3.8, 4) is 0 Å². The van der Waals surface area contributed by atoms with Crippen molar-refractivity contribution in [2.75, 3.05) is 0 Å². The Balaban J connectivity index is 1.91. The van der Waals surface area contributed by atoms with Crippen LogP contribution in [-0.2, 0) is 11.3 Å². The van der Waals surface area contributed by atoms with Gasteiger partial charge in [-0.25, -0.2) is 0 Å². The Morgan fingerprint density at radius 2 is 2.07 bits per heavy atom. The molecule has 2 rings (SSSR count). The normalized spacial score (nSPS) is 16.0. The highest BCUT2D eigenvalue weighted by Gasteiger charge is 2.08. The van der Waals surface area contributed by atoms with Gasteiger partial charge in [0.15, 0.2) is 5.78 Å². The number of hydrogen-bond donors (Lipinski definition) is 1. The Bertz CT molecular complexity index is 370. The lowest BCUT2D eigenvalue weighted by Gasteiger charge is -2.14. The topological polar surface area (TPSA) is 42.0 Å². The van der Waals surface area contributed by atoms with Gasteiger partial charge >= 0.3 is 0 Å². The zero-order valence-electron chi connectivity index (χ0n) is 8.57. The molecule has 0 spiro atoms. The highest BCUT2D eigenvalue weighted by molar-refractivity contribution is 5.91. The van der Waals surface area contributed by atoms with E-state index in [1.54, 1.807) is 18.5 Å². The number of carbonyl (C=O) groups is 1. The van der Waals surface area contributed by atoms with E-state index in [9.17, 15) is 4.79 Å². The standard InChI is InChI=1S/C12H14N2O/c15-12-3-1-2-11(8-12)14-9-10-4-6-13-7-5-10/h4-8,14H,1-3,9H2. The lowest BCUT2D eigenvalue weighted by Crippen LogP contribution is -2.17. The van der Waals surface area contributed by atoms with Crippen molar-refractivity contribution in [2.45, 2.75) is 25.8 Å². The van der Waals surface area contributed by atoms with Crippen LogP contribution < -0.4 is 5.32 Å². The summed E-state index contributed by atoms with van der Waals surface area (Å²) in [7, 11) is 0. The number of hydrogen-bond acceptors (Lipinski definition) is 3. The molecule has 0 unspecified atom stereocenters. The number of ketones is 1. The van der Waals surface area contributed by atoms with Crippen molar-refractivity contribution >= 4 is 5.78 Å². The molecule has 1 heterocycles. The Hall–Kier alpha value is -1.64. The zero-order chi connectivity index (χ0) is 10.5. The van der Waals surface area contributed by atoms with Crippen LogP contribution in [0.1, 0.15) is 24.8 Å². The van der Waals surface area contributed by atoms with E-state index in [4.69, 9.17) is 0 Å². The quantitative estimate of drug-likeness (QED) is 0.812. The van der Waals surface area contributed by atoms with Crippen molar-refractivity contribution in [3.63, 3.8) is 0 Å². The van der Waals surface area contributed by atoms with Crippen molar-refractivity contribution < 1.29 is 4.79 Å². The summed E-state index contributed by atoms with van der Waals surface area (Å²) in [6, 6.07) is 3.94. The van der Waals surface area contributed by atoms with Crippen LogP contribution in [0.3, 0.4) is 0 Å². The smallest absolute Gasteiger partial charge is 0.157 e. The molecule has 1 aliphatic carbocycles. The van der Waals surface area contributed by atoms with Crippen LogP contribution >= 0.6 is 0 Å². The molecular formula is C12H14N2O. The van der Waals surface area contributed by atoms with Gasteiger partial charge in [0.05, 0.1) is 0 Å². The maximum atomic E-state index is 11.2. The van der Waals surface area contributed by atoms with E-state index in [2.05, 4.69) is 10.3 Å². The first-order chi connectivity index (χ1) is 7.34. The van der Waals surface area contributed by atoms with Gasteiger partial charge in [0, 0.05) is 37.1 Å². The van der Waals surface area contributed by atoms with Gasteiger partial charge in [-0.15, -0.1) is 0 Å². The van der Waals surface area contributed by atoms with Gasteiger partial charge < -0.3 is 5.32 Å². The molecule has 0 bridgehead atoms. The molecule has 0 aromatic carbocycles. The van der Waals surface area contributed by atoms with Gasteiger partial charge in [-0.05, 0) is 30.5 Å². The lowest BCUT2D eigenvalue weighted by atomic mass is 10.0. The molecule has 3 heteroatoms. The van der Waals surface area contributed by atoms with Crippen LogP contribution in [0.4, 0.5) is 0 Å². The minimum absolute atomic E-state index is 0.235. The Morgan fingerprint density at radius 1 is 1.27 bits per heavy atom. The van der Waals surface area contributed by atoms with E-state index in [0.29, 0.717) is 6.42 Å². The first kappa shape index (κ1) is 9.90. The van der Waals surface area contributed by atoms with E-state index in [-0.39, 0.29) is 5.78 Å². The molecule has 1 aliphatic rings. The van der Waals surface area contributed by atoms with Crippen molar-refractivity contribution in [3.05, 3.63) is 41.9 Å². The number of allylic oxidation sites excluding steroid dienone is 2. The van der Waals surface area contributed by atoms with Gasteiger partial charge in [0.2, 0.25) is 0 Å². The molecule has 0 radical (unpaired) electrons. The summed E-state index contributed by atoms with van der Waals surface area (Å²) in [5.41, 5.74) is 2.24. The van der Waals surface area contributed by atoms with Crippen LogP contribution in [0.2, 0.25) is 0 Å². The summed E-state index contributed by atoms with van der Waals surface area (Å²) in [5.74, 6) is 0.235. The fourth-order valence-electron chi connectivity index (χ4n) is 1.65. The van der Waals surface area contributed by atoms with Crippen molar-refractivity contribution in [1.29, 1.82) is 0 Å². The summed E-state index contributed by atoms with van der Waals surface area (Å²) in [6.07, 6.45) is 7.92. The van der Waals surface area contributed by atoms with E-state index in [1.165, 1.54) is 5.56 Å². The Kier molecular flexibility index (Phi) is 3.12. The van der Waals surface area contributed by atoms with Crippen molar-refractivity contribution in [1.82, 2.24) is 10.3 Å². The van der Waals surface area contributed by atoms with Crippen LogP contribution in [0.25, 0.3) is 0 Å². The summed E-state index contributed by atoms with van der Waals surface area (Å²) in [6.45, 7) is 0.766. The maximum Gasteiger partial charge on any atom is 0.157 e. The van der Waals surface area contributed by atoms with Gasteiger partial charge in [-0.2, -0.15) is 0 Å². The molecule has 0 amide bonds. The number of aromatic nitrogens is 1. The summed E-state index contributed by atoms with van der Waals surface area (Å²) in [4.78, 5) is 15.1. The van der Waals surface area contributed by atoms with E-state index in [0.717, 1.165) is 25.1 Å². The van der Waals surface area contributed by atoms with Gasteiger partial charge in [0.25, 0.3) is 0 Å². The predicted octanol–water partition coefficient (Wildman–Crippen LogP) is 1.81. The van der Waals surface area contributed by atoms with Crippen LogP contribution in [0.15, 0.2) is 36.3 Å². The molecular weight excluding hydrogens is 188 g/mol.